The third kappa shape index (κ3) is 1.42. The molecule has 2 N–H and O–H groups in total. The molecule has 0 atom stereocenters. The molecule has 0 unspecified atom stereocenters. The average molecular weight is 151 g/mol. The van der Waals surface area contributed by atoms with Crippen LogP contribution in [0.4, 0.5) is 0 Å². The molecule has 0 bridgehead atoms. The number of nitrogens with two attached hydrogens (primary N) is 1. The molecule has 0 aromatic carbocycles. The Morgan fingerprint density at radius 2 is 2.36 bits per heavy atom. The van der Waals surface area contributed by atoms with Gasteiger partial charge in [0.2, 0.25) is 0 Å². The van der Waals surface area contributed by atoms with E-state index < -0.39 is 0 Å². The molecule has 3 nitrogen and oxygen atoms in total. The van der Waals surface area contributed by atoms with Crippen LogP contribution in [-0.4, -0.2) is 9.55 Å². The fraction of sp³-hybridized carbons (Fsp3) is 0.375. The molecule has 0 radical (unpaired) electrons. The number of aromatic nitrogens is 2. The van der Waals surface area contributed by atoms with Crippen molar-refractivity contribution >= 4 is 5.70 Å². The molecule has 11 heavy (non-hydrogen) atoms. The SMILES string of the molecule is C=C(N)c1nccn1C(C)C. The molecule has 0 aliphatic rings. The van der Waals surface area contributed by atoms with Gasteiger partial charge in [0, 0.05) is 18.4 Å². The van der Waals surface area contributed by atoms with Crippen LogP contribution in [-0.2, 0) is 0 Å². The van der Waals surface area contributed by atoms with Crippen molar-refractivity contribution in [1.82, 2.24) is 9.55 Å². The van der Waals surface area contributed by atoms with E-state index in [-0.39, 0.29) is 0 Å². The van der Waals surface area contributed by atoms with Crippen LogP contribution in [0, 0.1) is 0 Å². The van der Waals surface area contributed by atoms with E-state index >= 15 is 0 Å². The van der Waals surface area contributed by atoms with Gasteiger partial charge in [0.15, 0.2) is 5.82 Å². The Kier molecular flexibility index (Phi) is 1.98. The first-order valence-electron chi connectivity index (χ1n) is 3.60. The van der Waals surface area contributed by atoms with E-state index in [0.717, 1.165) is 5.82 Å². The smallest absolute Gasteiger partial charge is 0.155 e. The summed E-state index contributed by atoms with van der Waals surface area (Å²) in [4.78, 5) is 4.08. The monoisotopic (exact) mass is 151 g/mol. The average Bonchev–Trinajstić information content (AvgIpc) is 2.32. The summed E-state index contributed by atoms with van der Waals surface area (Å²) in [6.07, 6.45) is 3.63. The molecule has 0 aliphatic heterocycles. The van der Waals surface area contributed by atoms with Crippen molar-refractivity contribution in [2.75, 3.05) is 0 Å². The number of hydrogen-bond acceptors (Lipinski definition) is 2. The Labute approximate surface area is 66.5 Å². The predicted molar refractivity (Wildman–Crippen MR) is 45.8 cm³/mol. The van der Waals surface area contributed by atoms with Crippen LogP contribution in [0.5, 0.6) is 0 Å². The highest BCUT2D eigenvalue weighted by Crippen LogP contribution is 2.10. The normalized spacial score (nSPS) is 10.5. The standard InChI is InChI=1S/C8H13N3/c1-6(2)11-5-4-10-8(11)7(3)9/h4-6H,3,9H2,1-2H3. The summed E-state index contributed by atoms with van der Waals surface area (Å²) in [6.45, 7) is 7.79. The lowest BCUT2D eigenvalue weighted by molar-refractivity contribution is 0.592. The fourth-order valence-corrected chi connectivity index (χ4v) is 0.978. The molecule has 0 saturated heterocycles. The molecule has 1 aromatic heterocycles. The van der Waals surface area contributed by atoms with Gasteiger partial charge in [-0.3, -0.25) is 0 Å². The lowest BCUT2D eigenvalue weighted by atomic mass is 10.3. The van der Waals surface area contributed by atoms with Crippen molar-refractivity contribution < 1.29 is 0 Å². The number of hydrogen-bond donors (Lipinski definition) is 1. The van der Waals surface area contributed by atoms with Crippen LogP contribution in [0.3, 0.4) is 0 Å². The summed E-state index contributed by atoms with van der Waals surface area (Å²) in [5.74, 6) is 0.764. The van der Waals surface area contributed by atoms with Crippen molar-refractivity contribution in [3.8, 4) is 0 Å². The third-order valence-electron chi connectivity index (χ3n) is 1.51. The number of nitrogens with zero attached hydrogens (tertiary/aromatic N) is 2. The molecular weight excluding hydrogens is 138 g/mol. The van der Waals surface area contributed by atoms with E-state index in [2.05, 4.69) is 25.4 Å². The van der Waals surface area contributed by atoms with E-state index in [1.165, 1.54) is 0 Å². The topological polar surface area (TPSA) is 43.8 Å². The first-order valence-corrected chi connectivity index (χ1v) is 3.60. The van der Waals surface area contributed by atoms with E-state index in [1.54, 1.807) is 6.20 Å². The Balaban J connectivity index is 3.06. The molecule has 3 heteroatoms. The second-order valence-corrected chi connectivity index (χ2v) is 2.78. The van der Waals surface area contributed by atoms with Gasteiger partial charge in [-0.1, -0.05) is 6.58 Å². The Bertz CT molecular complexity index is 260. The van der Waals surface area contributed by atoms with E-state index in [0.29, 0.717) is 11.7 Å². The zero-order chi connectivity index (χ0) is 8.43. The second kappa shape index (κ2) is 2.78. The predicted octanol–water partition coefficient (Wildman–Crippen LogP) is 1.39. The highest BCUT2D eigenvalue weighted by atomic mass is 15.1. The van der Waals surface area contributed by atoms with Crippen LogP contribution in [0.2, 0.25) is 0 Å². The summed E-state index contributed by atoms with van der Waals surface area (Å²) in [7, 11) is 0. The molecule has 0 fully saturated rings. The highest BCUT2D eigenvalue weighted by Gasteiger charge is 2.05. The van der Waals surface area contributed by atoms with Crippen LogP contribution in [0.15, 0.2) is 19.0 Å². The molecule has 60 valence electrons. The molecule has 1 rings (SSSR count). The fourth-order valence-electron chi connectivity index (χ4n) is 0.978. The van der Waals surface area contributed by atoms with Crippen LogP contribution >= 0.6 is 0 Å². The Morgan fingerprint density at radius 1 is 1.73 bits per heavy atom. The molecular formula is C8H13N3. The van der Waals surface area contributed by atoms with Gasteiger partial charge in [0.25, 0.3) is 0 Å². The zero-order valence-electron chi connectivity index (χ0n) is 6.91. The highest BCUT2D eigenvalue weighted by molar-refractivity contribution is 5.53. The van der Waals surface area contributed by atoms with Crippen molar-refractivity contribution in [3.05, 3.63) is 24.8 Å². The first kappa shape index (κ1) is 7.85. The summed E-state index contributed by atoms with van der Waals surface area (Å²) in [5.41, 5.74) is 6.04. The first-order chi connectivity index (χ1) is 5.13. The third-order valence-corrected chi connectivity index (χ3v) is 1.51. The van der Waals surface area contributed by atoms with Crippen molar-refractivity contribution in [1.29, 1.82) is 0 Å². The van der Waals surface area contributed by atoms with Gasteiger partial charge in [-0.15, -0.1) is 0 Å². The quantitative estimate of drug-likeness (QED) is 0.694. The largest absolute Gasteiger partial charge is 0.396 e. The maximum Gasteiger partial charge on any atom is 0.155 e. The summed E-state index contributed by atoms with van der Waals surface area (Å²) < 4.78 is 1.99. The lowest BCUT2D eigenvalue weighted by Crippen LogP contribution is -2.08. The van der Waals surface area contributed by atoms with Crippen molar-refractivity contribution in [2.45, 2.75) is 19.9 Å². The van der Waals surface area contributed by atoms with E-state index in [4.69, 9.17) is 5.73 Å². The number of rotatable bonds is 2. The maximum absolute atomic E-state index is 5.52. The van der Waals surface area contributed by atoms with Crippen molar-refractivity contribution in [3.63, 3.8) is 0 Å². The van der Waals surface area contributed by atoms with Crippen molar-refractivity contribution in [2.24, 2.45) is 5.73 Å². The minimum atomic E-state index is 0.382. The lowest BCUT2D eigenvalue weighted by Gasteiger charge is -2.10. The Hall–Kier alpha value is -1.25. The zero-order valence-corrected chi connectivity index (χ0v) is 6.91. The molecule has 1 heterocycles. The van der Waals surface area contributed by atoms with Crippen LogP contribution in [0.25, 0.3) is 5.70 Å². The minimum absolute atomic E-state index is 0.382. The molecule has 1 aromatic rings. The van der Waals surface area contributed by atoms with Gasteiger partial charge in [-0.25, -0.2) is 4.98 Å². The van der Waals surface area contributed by atoms with Gasteiger partial charge in [0.05, 0.1) is 5.70 Å². The molecule has 0 aliphatic carbocycles. The second-order valence-electron chi connectivity index (χ2n) is 2.78. The summed E-state index contributed by atoms with van der Waals surface area (Å²) in [6, 6.07) is 0.382. The molecule has 0 saturated carbocycles. The van der Waals surface area contributed by atoms with E-state index in [9.17, 15) is 0 Å². The summed E-state index contributed by atoms with van der Waals surface area (Å²) in [5, 5.41) is 0. The van der Waals surface area contributed by atoms with Crippen LogP contribution < -0.4 is 5.73 Å². The minimum Gasteiger partial charge on any atom is -0.396 e. The summed E-state index contributed by atoms with van der Waals surface area (Å²) >= 11 is 0. The van der Waals surface area contributed by atoms with Gasteiger partial charge < -0.3 is 10.3 Å². The van der Waals surface area contributed by atoms with Gasteiger partial charge in [0.1, 0.15) is 0 Å². The van der Waals surface area contributed by atoms with E-state index in [1.807, 2.05) is 10.8 Å². The van der Waals surface area contributed by atoms with Gasteiger partial charge >= 0.3 is 0 Å². The van der Waals surface area contributed by atoms with Crippen LogP contribution in [0.1, 0.15) is 25.7 Å². The Morgan fingerprint density at radius 3 is 2.73 bits per heavy atom. The maximum atomic E-state index is 5.52. The molecule has 0 amide bonds. The van der Waals surface area contributed by atoms with Gasteiger partial charge in [-0.05, 0) is 13.8 Å². The number of imidazole rings is 1. The van der Waals surface area contributed by atoms with Gasteiger partial charge in [-0.2, -0.15) is 0 Å². The molecule has 0 spiro atoms.